The van der Waals surface area contributed by atoms with E-state index in [-0.39, 0.29) is 11.4 Å². The Morgan fingerprint density at radius 1 is 0.974 bits per heavy atom. The van der Waals surface area contributed by atoms with E-state index in [4.69, 9.17) is 4.74 Å². The van der Waals surface area contributed by atoms with E-state index in [1.165, 1.54) is 6.07 Å². The Balaban J connectivity index is 1.49. The van der Waals surface area contributed by atoms with Crippen molar-refractivity contribution in [2.24, 2.45) is 0 Å². The van der Waals surface area contributed by atoms with Crippen LogP contribution in [0.4, 0.5) is 5.69 Å². The van der Waals surface area contributed by atoms with Crippen LogP contribution in [0, 0.1) is 0 Å². The number of unbranched alkanes of at least 4 members (excludes halogenated alkanes) is 4. The molecule has 0 radical (unpaired) electrons. The number of rotatable bonds is 19. The highest BCUT2D eigenvalue weighted by atomic mass is 32.2. The number of anilines is 1. The molecule has 0 aromatic heterocycles. The molecular formula is C29H45N3O6S. The summed E-state index contributed by atoms with van der Waals surface area (Å²) in [6, 6.07) is 11.8. The molecule has 0 fully saturated rings. The molecule has 0 bridgehead atoms. The van der Waals surface area contributed by atoms with Crippen LogP contribution < -0.4 is 15.4 Å². The molecule has 0 saturated heterocycles. The predicted molar refractivity (Wildman–Crippen MR) is 154 cm³/mol. The van der Waals surface area contributed by atoms with E-state index in [0.717, 1.165) is 63.7 Å². The van der Waals surface area contributed by atoms with Gasteiger partial charge in [0.15, 0.2) is 0 Å². The SMILES string of the molecule is CC(C)(C)NS(=O)(=O)c1cccc(CCCCOCCCCCCNC[C@@H](O)c2ccc(O)c(NC=O)c2)c1. The molecule has 218 valence electrons. The maximum atomic E-state index is 12.5. The summed E-state index contributed by atoms with van der Waals surface area (Å²) >= 11 is 0. The number of hydrogen-bond acceptors (Lipinski definition) is 7. The summed E-state index contributed by atoms with van der Waals surface area (Å²) in [6.07, 6.45) is 6.59. The van der Waals surface area contributed by atoms with Crippen molar-refractivity contribution in [1.29, 1.82) is 0 Å². The minimum Gasteiger partial charge on any atom is -0.506 e. The number of nitrogens with one attached hydrogen (secondary N) is 3. The van der Waals surface area contributed by atoms with Gasteiger partial charge in [0.25, 0.3) is 0 Å². The second-order valence-corrected chi connectivity index (χ2v) is 12.4. The fourth-order valence-corrected chi connectivity index (χ4v) is 5.56. The number of carbonyl (C=O) groups is 1. The Hall–Kier alpha value is -2.50. The van der Waals surface area contributed by atoms with Crippen LogP contribution in [0.2, 0.25) is 0 Å². The summed E-state index contributed by atoms with van der Waals surface area (Å²) in [5.41, 5.74) is 1.38. The summed E-state index contributed by atoms with van der Waals surface area (Å²) in [7, 11) is -3.53. The monoisotopic (exact) mass is 563 g/mol. The summed E-state index contributed by atoms with van der Waals surface area (Å²) in [4.78, 5) is 10.9. The highest BCUT2D eigenvalue weighted by Gasteiger charge is 2.22. The number of sulfonamides is 1. The van der Waals surface area contributed by atoms with Crippen LogP contribution in [-0.4, -0.2) is 56.9 Å². The van der Waals surface area contributed by atoms with Crippen LogP contribution in [0.25, 0.3) is 0 Å². The van der Waals surface area contributed by atoms with E-state index in [1.54, 1.807) is 30.3 Å². The molecule has 9 nitrogen and oxygen atoms in total. The van der Waals surface area contributed by atoms with Gasteiger partial charge in [-0.2, -0.15) is 0 Å². The zero-order valence-electron chi connectivity index (χ0n) is 23.4. The highest BCUT2D eigenvalue weighted by molar-refractivity contribution is 7.89. The van der Waals surface area contributed by atoms with Gasteiger partial charge in [0, 0.05) is 25.3 Å². The molecule has 1 amide bonds. The van der Waals surface area contributed by atoms with Crippen molar-refractivity contribution < 1.29 is 28.2 Å². The molecule has 0 spiro atoms. The smallest absolute Gasteiger partial charge is 0.241 e. The number of carbonyl (C=O) groups excluding carboxylic acids is 1. The van der Waals surface area contributed by atoms with Crippen LogP contribution in [0.3, 0.4) is 0 Å². The van der Waals surface area contributed by atoms with Gasteiger partial charge in [0.1, 0.15) is 5.75 Å². The lowest BCUT2D eigenvalue weighted by molar-refractivity contribution is -0.105. The third-order valence-corrected chi connectivity index (χ3v) is 7.76. The first-order chi connectivity index (χ1) is 18.5. The molecule has 0 heterocycles. The number of hydrogen-bond donors (Lipinski definition) is 5. The van der Waals surface area contributed by atoms with E-state index >= 15 is 0 Å². The maximum Gasteiger partial charge on any atom is 0.241 e. The van der Waals surface area contributed by atoms with Gasteiger partial charge in [-0.3, -0.25) is 4.79 Å². The molecule has 1 atom stereocenters. The van der Waals surface area contributed by atoms with E-state index in [0.29, 0.717) is 30.0 Å². The van der Waals surface area contributed by atoms with Crippen LogP contribution in [0.15, 0.2) is 47.4 Å². The molecule has 0 aliphatic rings. The van der Waals surface area contributed by atoms with Gasteiger partial charge in [0.05, 0.1) is 16.7 Å². The van der Waals surface area contributed by atoms with Crippen LogP contribution in [-0.2, 0) is 26.0 Å². The van der Waals surface area contributed by atoms with Crippen molar-refractivity contribution in [3.63, 3.8) is 0 Å². The molecule has 2 aromatic carbocycles. The highest BCUT2D eigenvalue weighted by Crippen LogP contribution is 2.26. The van der Waals surface area contributed by atoms with Gasteiger partial charge in [-0.15, -0.1) is 0 Å². The van der Waals surface area contributed by atoms with Gasteiger partial charge in [0.2, 0.25) is 16.4 Å². The molecule has 0 aliphatic heterocycles. The van der Waals surface area contributed by atoms with E-state index in [2.05, 4.69) is 15.4 Å². The number of phenolic OH excluding ortho intramolecular Hbond substituents is 1. The standard InChI is InChI=1S/C29H45N3O6S/c1-29(2,3)32-39(36,37)25-13-10-12-23(19-25)11-6-9-18-38-17-8-5-4-7-16-30-21-28(35)24-14-15-27(34)26(20-24)31-22-33/h10,12-15,19-20,22,28,30,32,34-35H,4-9,11,16-18,21H2,1-3H3,(H,31,33)/t28-/m1/s1. The number of aryl methyl sites for hydroxylation is 1. The molecule has 0 aliphatic carbocycles. The Morgan fingerprint density at radius 3 is 2.41 bits per heavy atom. The third-order valence-electron chi connectivity index (χ3n) is 6.00. The Morgan fingerprint density at radius 2 is 1.69 bits per heavy atom. The van der Waals surface area contributed by atoms with Crippen molar-refractivity contribution in [2.45, 2.75) is 82.3 Å². The van der Waals surface area contributed by atoms with E-state index in [9.17, 15) is 23.4 Å². The normalized spacial score (nSPS) is 12.8. The lowest BCUT2D eigenvalue weighted by Gasteiger charge is -2.20. The number of amides is 1. The van der Waals surface area contributed by atoms with Crippen molar-refractivity contribution in [2.75, 3.05) is 31.6 Å². The topological polar surface area (TPSA) is 137 Å². The van der Waals surface area contributed by atoms with Crippen molar-refractivity contribution >= 4 is 22.1 Å². The zero-order chi connectivity index (χ0) is 28.7. The molecule has 39 heavy (non-hydrogen) atoms. The third kappa shape index (κ3) is 12.9. The molecular weight excluding hydrogens is 518 g/mol. The Kier molecular flexibility index (Phi) is 13.9. The van der Waals surface area contributed by atoms with E-state index < -0.39 is 21.7 Å². The number of aliphatic hydroxyl groups excluding tert-OH is 1. The maximum absolute atomic E-state index is 12.5. The molecule has 0 saturated carbocycles. The second kappa shape index (κ2) is 16.6. The predicted octanol–water partition coefficient (Wildman–Crippen LogP) is 4.26. The van der Waals surface area contributed by atoms with Crippen LogP contribution >= 0.6 is 0 Å². The summed E-state index contributed by atoms with van der Waals surface area (Å²) < 4.78 is 33.5. The van der Waals surface area contributed by atoms with E-state index in [1.807, 2.05) is 26.8 Å². The van der Waals surface area contributed by atoms with Crippen molar-refractivity contribution in [3.05, 3.63) is 53.6 Å². The van der Waals surface area contributed by atoms with Gasteiger partial charge in [-0.05, 0) is 94.8 Å². The largest absolute Gasteiger partial charge is 0.506 e. The number of benzene rings is 2. The summed E-state index contributed by atoms with van der Waals surface area (Å²) in [5, 5.41) is 25.6. The first-order valence-corrected chi connectivity index (χ1v) is 15.1. The fraction of sp³-hybridized carbons (Fsp3) is 0.552. The number of ether oxygens (including phenoxy) is 1. The van der Waals surface area contributed by atoms with Crippen molar-refractivity contribution in [1.82, 2.24) is 10.0 Å². The minimum atomic E-state index is -3.53. The van der Waals surface area contributed by atoms with Gasteiger partial charge >= 0.3 is 0 Å². The van der Waals surface area contributed by atoms with Crippen LogP contribution in [0.1, 0.15) is 76.5 Å². The van der Waals surface area contributed by atoms with Gasteiger partial charge in [-0.25, -0.2) is 13.1 Å². The van der Waals surface area contributed by atoms with Gasteiger partial charge < -0.3 is 25.6 Å². The summed E-state index contributed by atoms with van der Waals surface area (Å²) in [6.45, 7) is 8.10. The molecule has 2 aromatic rings. The van der Waals surface area contributed by atoms with Crippen LogP contribution in [0.5, 0.6) is 5.75 Å². The Labute approximate surface area is 233 Å². The first kappa shape index (κ1) is 32.7. The summed E-state index contributed by atoms with van der Waals surface area (Å²) in [5.74, 6) is -0.0414. The number of aliphatic hydroxyl groups is 1. The lowest BCUT2D eigenvalue weighted by atomic mass is 10.1. The average molecular weight is 564 g/mol. The molecule has 0 unspecified atom stereocenters. The first-order valence-electron chi connectivity index (χ1n) is 13.6. The Bertz CT molecular complexity index is 1120. The van der Waals surface area contributed by atoms with Gasteiger partial charge in [-0.1, -0.05) is 31.0 Å². The van der Waals surface area contributed by atoms with Crippen molar-refractivity contribution in [3.8, 4) is 5.75 Å². The number of aromatic hydroxyl groups is 1. The average Bonchev–Trinajstić information content (AvgIpc) is 2.87. The fourth-order valence-electron chi connectivity index (χ4n) is 4.07. The number of phenols is 1. The quantitative estimate of drug-likeness (QED) is 0.0978. The molecule has 2 rings (SSSR count). The lowest BCUT2D eigenvalue weighted by Crippen LogP contribution is -2.40. The molecule has 5 N–H and O–H groups in total. The second-order valence-electron chi connectivity index (χ2n) is 10.7. The molecule has 10 heteroatoms. The minimum absolute atomic E-state index is 0.0414. The zero-order valence-corrected chi connectivity index (χ0v) is 24.2.